The van der Waals surface area contributed by atoms with Crippen molar-refractivity contribution in [3.63, 3.8) is 0 Å². The van der Waals surface area contributed by atoms with Crippen molar-refractivity contribution in [3.8, 4) is 5.75 Å². The van der Waals surface area contributed by atoms with Crippen LogP contribution in [0.1, 0.15) is 11.1 Å². The Morgan fingerprint density at radius 1 is 1.17 bits per heavy atom. The fourth-order valence-electron chi connectivity index (χ4n) is 2.17. The lowest BCUT2D eigenvalue weighted by molar-refractivity contribution is -0.122. The zero-order valence-corrected chi connectivity index (χ0v) is 14.8. The van der Waals surface area contributed by atoms with Crippen LogP contribution in [-0.2, 0) is 11.3 Å². The maximum Gasteiger partial charge on any atom is 0.234 e. The lowest BCUT2D eigenvalue weighted by Crippen LogP contribution is -2.36. The van der Waals surface area contributed by atoms with Crippen LogP contribution in [0, 0.1) is 6.92 Å². The average molecular weight is 347 g/mol. The van der Waals surface area contributed by atoms with Gasteiger partial charge in [-0.3, -0.25) is 9.69 Å². The molecule has 2 aromatic rings. The van der Waals surface area contributed by atoms with Gasteiger partial charge in [0.2, 0.25) is 5.91 Å². The van der Waals surface area contributed by atoms with E-state index in [2.05, 4.69) is 5.32 Å². The van der Waals surface area contributed by atoms with Gasteiger partial charge in [0.15, 0.2) is 0 Å². The first-order valence-electron chi connectivity index (χ1n) is 7.92. The van der Waals surface area contributed by atoms with Crippen LogP contribution in [-0.4, -0.2) is 37.6 Å². The molecule has 0 fully saturated rings. The second kappa shape index (κ2) is 9.30. The molecule has 1 amide bonds. The van der Waals surface area contributed by atoms with Gasteiger partial charge in [0.25, 0.3) is 0 Å². The largest absolute Gasteiger partial charge is 0.492 e. The van der Waals surface area contributed by atoms with Gasteiger partial charge in [0, 0.05) is 18.1 Å². The van der Waals surface area contributed by atoms with Crippen molar-refractivity contribution in [2.75, 3.05) is 26.7 Å². The van der Waals surface area contributed by atoms with Crippen molar-refractivity contribution in [3.05, 3.63) is 64.7 Å². The van der Waals surface area contributed by atoms with E-state index in [1.54, 1.807) is 0 Å². The van der Waals surface area contributed by atoms with Crippen molar-refractivity contribution in [1.29, 1.82) is 0 Å². The maximum absolute atomic E-state index is 12.0. The van der Waals surface area contributed by atoms with E-state index in [1.165, 1.54) is 5.56 Å². The molecule has 0 saturated carbocycles. The first-order chi connectivity index (χ1) is 11.5. The Hall–Kier alpha value is -2.04. The number of carbonyl (C=O) groups excluding carboxylic acids is 1. The third kappa shape index (κ3) is 6.22. The van der Waals surface area contributed by atoms with E-state index in [1.807, 2.05) is 67.4 Å². The molecule has 0 bridgehead atoms. The maximum atomic E-state index is 12.0. The summed E-state index contributed by atoms with van der Waals surface area (Å²) in [5, 5.41) is 3.54. The van der Waals surface area contributed by atoms with Crippen LogP contribution in [0.5, 0.6) is 5.75 Å². The second-order valence-corrected chi connectivity index (χ2v) is 6.17. The molecule has 0 spiro atoms. The quantitative estimate of drug-likeness (QED) is 0.797. The van der Waals surface area contributed by atoms with Crippen molar-refractivity contribution < 1.29 is 9.53 Å². The first kappa shape index (κ1) is 18.3. The number of ether oxygens (including phenoxy) is 1. The Morgan fingerprint density at radius 2 is 1.88 bits per heavy atom. The lowest BCUT2D eigenvalue weighted by atomic mass is 10.2. The fraction of sp³-hybridized carbons (Fsp3) is 0.316. The number of amides is 1. The van der Waals surface area contributed by atoms with E-state index >= 15 is 0 Å². The first-order valence-corrected chi connectivity index (χ1v) is 8.30. The molecule has 4 nitrogen and oxygen atoms in total. The molecule has 0 aliphatic heterocycles. The number of hydrogen-bond donors (Lipinski definition) is 1. The van der Waals surface area contributed by atoms with Crippen LogP contribution < -0.4 is 10.1 Å². The second-order valence-electron chi connectivity index (χ2n) is 5.77. The van der Waals surface area contributed by atoms with Crippen LogP contribution in [0.3, 0.4) is 0 Å². The van der Waals surface area contributed by atoms with Crippen LogP contribution in [0.2, 0.25) is 5.02 Å². The molecule has 0 atom stereocenters. The molecule has 5 heteroatoms. The molecule has 2 rings (SSSR count). The summed E-state index contributed by atoms with van der Waals surface area (Å²) in [5.41, 5.74) is 2.12. The van der Waals surface area contributed by atoms with E-state index in [9.17, 15) is 4.79 Å². The van der Waals surface area contributed by atoms with Crippen LogP contribution >= 0.6 is 11.6 Å². The number of carbonyl (C=O) groups is 1. The third-order valence-corrected chi connectivity index (χ3v) is 3.98. The van der Waals surface area contributed by atoms with Crippen LogP contribution in [0.25, 0.3) is 0 Å². The Bertz CT molecular complexity index is 659. The standard InChI is InChI=1S/C19H23ClN2O2/c1-15-7-9-17(10-8-15)24-12-11-22(2)14-19(23)21-13-16-5-3-4-6-18(16)20/h3-10H,11-14H2,1-2H3,(H,21,23). The predicted octanol–water partition coefficient (Wildman–Crippen LogP) is 3.28. The molecule has 0 saturated heterocycles. The van der Waals surface area contributed by atoms with E-state index in [-0.39, 0.29) is 5.91 Å². The summed E-state index contributed by atoms with van der Waals surface area (Å²) in [5.74, 6) is 0.810. The minimum atomic E-state index is -0.0345. The van der Waals surface area contributed by atoms with Gasteiger partial charge < -0.3 is 10.1 Å². The number of benzene rings is 2. The summed E-state index contributed by atoms with van der Waals surface area (Å²) in [7, 11) is 1.90. The molecule has 2 aromatic carbocycles. The Kier molecular flexibility index (Phi) is 7.09. The normalized spacial score (nSPS) is 10.7. The SMILES string of the molecule is Cc1ccc(OCCN(C)CC(=O)NCc2ccccc2Cl)cc1. The van der Waals surface area contributed by atoms with Gasteiger partial charge in [-0.05, 0) is 37.7 Å². The molecule has 128 valence electrons. The minimum absolute atomic E-state index is 0.0345. The Labute approximate surface area is 148 Å². The van der Waals surface area contributed by atoms with Crippen LogP contribution in [0.15, 0.2) is 48.5 Å². The van der Waals surface area contributed by atoms with Crippen molar-refractivity contribution in [2.45, 2.75) is 13.5 Å². The summed E-state index contributed by atoms with van der Waals surface area (Å²) in [6.45, 7) is 4.01. The molecule has 0 heterocycles. The molecular weight excluding hydrogens is 324 g/mol. The highest BCUT2D eigenvalue weighted by molar-refractivity contribution is 6.31. The fourth-order valence-corrected chi connectivity index (χ4v) is 2.37. The van der Waals surface area contributed by atoms with E-state index in [0.717, 1.165) is 11.3 Å². The summed E-state index contributed by atoms with van der Waals surface area (Å²) in [6, 6.07) is 15.4. The van der Waals surface area contributed by atoms with Crippen molar-refractivity contribution in [2.24, 2.45) is 0 Å². The molecule has 0 unspecified atom stereocenters. The molecule has 1 N–H and O–H groups in total. The van der Waals surface area contributed by atoms with Gasteiger partial charge in [-0.15, -0.1) is 0 Å². The van der Waals surface area contributed by atoms with Crippen LogP contribution in [0.4, 0.5) is 0 Å². The zero-order chi connectivity index (χ0) is 17.4. The highest BCUT2D eigenvalue weighted by atomic mass is 35.5. The predicted molar refractivity (Wildman–Crippen MR) is 97.5 cm³/mol. The zero-order valence-electron chi connectivity index (χ0n) is 14.1. The minimum Gasteiger partial charge on any atom is -0.492 e. The summed E-state index contributed by atoms with van der Waals surface area (Å²) < 4.78 is 5.67. The number of rotatable bonds is 8. The van der Waals surface area contributed by atoms with E-state index in [0.29, 0.717) is 31.3 Å². The number of likely N-dealkylation sites (N-methyl/N-ethyl adjacent to an activating group) is 1. The summed E-state index contributed by atoms with van der Waals surface area (Å²) in [6.07, 6.45) is 0. The van der Waals surface area contributed by atoms with Gasteiger partial charge in [0.1, 0.15) is 12.4 Å². The van der Waals surface area contributed by atoms with Gasteiger partial charge >= 0.3 is 0 Å². The molecule has 0 aliphatic carbocycles. The topological polar surface area (TPSA) is 41.6 Å². The van der Waals surface area contributed by atoms with Crippen molar-refractivity contribution in [1.82, 2.24) is 10.2 Å². The number of nitrogens with one attached hydrogen (secondary N) is 1. The Morgan fingerprint density at radius 3 is 2.58 bits per heavy atom. The van der Waals surface area contributed by atoms with Crippen molar-refractivity contribution >= 4 is 17.5 Å². The Balaban J connectivity index is 1.66. The molecule has 0 aromatic heterocycles. The molecular formula is C19H23ClN2O2. The van der Waals surface area contributed by atoms with Gasteiger partial charge in [-0.2, -0.15) is 0 Å². The third-order valence-electron chi connectivity index (χ3n) is 3.61. The highest BCUT2D eigenvalue weighted by Gasteiger charge is 2.07. The number of nitrogens with zero attached hydrogens (tertiary/aromatic N) is 1. The van der Waals surface area contributed by atoms with Gasteiger partial charge in [0.05, 0.1) is 6.54 Å². The highest BCUT2D eigenvalue weighted by Crippen LogP contribution is 2.14. The van der Waals surface area contributed by atoms with E-state index in [4.69, 9.17) is 16.3 Å². The summed E-state index contributed by atoms with van der Waals surface area (Å²) in [4.78, 5) is 13.9. The summed E-state index contributed by atoms with van der Waals surface area (Å²) >= 11 is 6.07. The average Bonchev–Trinajstić information content (AvgIpc) is 2.56. The lowest BCUT2D eigenvalue weighted by Gasteiger charge is -2.17. The van der Waals surface area contributed by atoms with E-state index < -0.39 is 0 Å². The van der Waals surface area contributed by atoms with Gasteiger partial charge in [-0.25, -0.2) is 0 Å². The number of halogens is 1. The monoisotopic (exact) mass is 346 g/mol. The number of hydrogen-bond acceptors (Lipinski definition) is 3. The molecule has 0 radical (unpaired) electrons. The van der Waals surface area contributed by atoms with Gasteiger partial charge in [-0.1, -0.05) is 47.5 Å². The molecule has 0 aliphatic rings. The molecule has 24 heavy (non-hydrogen) atoms. The smallest absolute Gasteiger partial charge is 0.234 e. The number of aryl methyl sites for hydroxylation is 1.